The first-order valence-electron chi connectivity index (χ1n) is 14.0. The summed E-state index contributed by atoms with van der Waals surface area (Å²) in [5.41, 5.74) is 3.06. The Balaban J connectivity index is 1.33. The van der Waals surface area contributed by atoms with Crippen LogP contribution in [0.3, 0.4) is 0 Å². The molecule has 9 nitrogen and oxygen atoms in total. The minimum Gasteiger partial charge on any atom is -0.497 e. The van der Waals surface area contributed by atoms with E-state index in [0.29, 0.717) is 31.7 Å². The molecule has 0 N–H and O–H groups in total. The average molecular weight is 546 g/mol. The molecular formula is C31H39N5O4. The monoisotopic (exact) mass is 545 g/mol. The molecule has 0 radical (unpaired) electrons. The summed E-state index contributed by atoms with van der Waals surface area (Å²) in [4.78, 5) is 32.6. The smallest absolute Gasteiger partial charge is 0.410 e. The number of para-hydroxylation sites is 1. The fourth-order valence-corrected chi connectivity index (χ4v) is 5.50. The van der Waals surface area contributed by atoms with Crippen LogP contribution in [0.4, 0.5) is 10.5 Å². The molecule has 2 aliphatic heterocycles. The van der Waals surface area contributed by atoms with Crippen LogP contribution in [0, 0.1) is 0 Å². The summed E-state index contributed by atoms with van der Waals surface area (Å²) >= 11 is 0. The van der Waals surface area contributed by atoms with E-state index in [2.05, 4.69) is 11.0 Å². The number of carbonyl (C=O) groups is 2. The summed E-state index contributed by atoms with van der Waals surface area (Å²) in [6.07, 6.45) is 2.91. The number of hydrogen-bond acceptors (Lipinski definition) is 6. The van der Waals surface area contributed by atoms with E-state index in [1.54, 1.807) is 18.2 Å². The third-order valence-electron chi connectivity index (χ3n) is 7.56. The zero-order valence-corrected chi connectivity index (χ0v) is 23.9. The van der Waals surface area contributed by atoms with Crippen LogP contribution in [0.2, 0.25) is 0 Å². The molecule has 2 saturated heterocycles. The van der Waals surface area contributed by atoms with Crippen LogP contribution in [-0.4, -0.2) is 83.6 Å². The van der Waals surface area contributed by atoms with Gasteiger partial charge in [-0.1, -0.05) is 24.3 Å². The summed E-state index contributed by atoms with van der Waals surface area (Å²) in [7, 11) is 1.67. The standard InChI is InChI=1S/C31H39N5O4/c1-31(2,3)40-30(38)35-15-13-23(14-16-35)28-27(22-32-36(28)24-9-6-5-7-10-24)29(37)34-19-17-33(18-20-34)25-11-8-12-26(21-25)39-4/h5-12,21-23H,13-20H2,1-4H3. The highest BCUT2D eigenvalue weighted by molar-refractivity contribution is 5.95. The largest absolute Gasteiger partial charge is 0.497 e. The van der Waals surface area contributed by atoms with Crippen LogP contribution in [0.15, 0.2) is 60.8 Å². The van der Waals surface area contributed by atoms with Crippen molar-refractivity contribution in [3.05, 3.63) is 72.1 Å². The molecule has 9 heteroatoms. The molecule has 0 aliphatic carbocycles. The summed E-state index contributed by atoms with van der Waals surface area (Å²) in [6, 6.07) is 18.0. The minimum atomic E-state index is -0.532. The number of piperazine rings is 1. The lowest BCUT2D eigenvalue weighted by Crippen LogP contribution is -2.49. The molecular weight excluding hydrogens is 506 g/mol. The van der Waals surface area contributed by atoms with E-state index >= 15 is 0 Å². The maximum absolute atomic E-state index is 13.9. The number of aromatic nitrogens is 2. The Kier molecular flexibility index (Phi) is 8.00. The van der Waals surface area contributed by atoms with Gasteiger partial charge >= 0.3 is 6.09 Å². The number of hydrogen-bond donors (Lipinski definition) is 0. The van der Waals surface area contributed by atoms with E-state index in [1.807, 2.05) is 78.9 Å². The van der Waals surface area contributed by atoms with Crippen LogP contribution in [0.25, 0.3) is 5.69 Å². The van der Waals surface area contributed by atoms with Gasteiger partial charge in [-0.15, -0.1) is 0 Å². The van der Waals surface area contributed by atoms with Crippen LogP contribution in [0.1, 0.15) is 55.6 Å². The molecule has 0 bridgehead atoms. The number of ether oxygens (including phenoxy) is 2. The van der Waals surface area contributed by atoms with Gasteiger partial charge in [-0.05, 0) is 57.9 Å². The number of benzene rings is 2. The second-order valence-corrected chi connectivity index (χ2v) is 11.4. The summed E-state index contributed by atoms with van der Waals surface area (Å²) in [6.45, 7) is 9.54. The van der Waals surface area contributed by atoms with Crippen molar-refractivity contribution in [1.29, 1.82) is 0 Å². The Morgan fingerprint density at radius 3 is 2.17 bits per heavy atom. The molecule has 0 spiro atoms. The molecule has 2 amide bonds. The zero-order valence-electron chi connectivity index (χ0n) is 23.9. The average Bonchev–Trinajstić information content (AvgIpc) is 3.42. The van der Waals surface area contributed by atoms with Gasteiger partial charge in [0.2, 0.25) is 0 Å². The summed E-state index contributed by atoms with van der Waals surface area (Å²) in [5.74, 6) is 0.933. The summed E-state index contributed by atoms with van der Waals surface area (Å²) in [5, 5.41) is 4.70. The molecule has 0 atom stereocenters. The van der Waals surface area contributed by atoms with Gasteiger partial charge in [0.05, 0.1) is 30.3 Å². The van der Waals surface area contributed by atoms with E-state index < -0.39 is 5.60 Å². The van der Waals surface area contributed by atoms with Crippen LogP contribution in [0.5, 0.6) is 5.75 Å². The highest BCUT2D eigenvalue weighted by Crippen LogP contribution is 2.33. The predicted molar refractivity (Wildman–Crippen MR) is 154 cm³/mol. The number of rotatable bonds is 5. The van der Waals surface area contributed by atoms with E-state index in [4.69, 9.17) is 14.6 Å². The van der Waals surface area contributed by atoms with E-state index in [1.165, 1.54) is 0 Å². The van der Waals surface area contributed by atoms with Crippen molar-refractivity contribution < 1.29 is 19.1 Å². The number of amides is 2. The molecule has 0 unspecified atom stereocenters. The first-order chi connectivity index (χ1) is 19.2. The van der Waals surface area contributed by atoms with Crippen molar-refractivity contribution in [2.24, 2.45) is 0 Å². The van der Waals surface area contributed by atoms with Gasteiger partial charge in [-0.3, -0.25) is 4.79 Å². The fraction of sp³-hybridized carbons (Fsp3) is 0.452. The normalized spacial score (nSPS) is 16.6. The lowest BCUT2D eigenvalue weighted by molar-refractivity contribution is 0.0203. The van der Waals surface area contributed by atoms with Gasteiger partial charge < -0.3 is 24.2 Å². The first kappa shape index (κ1) is 27.6. The quantitative estimate of drug-likeness (QED) is 0.451. The molecule has 0 saturated carbocycles. The number of nitrogens with zero attached hydrogens (tertiary/aromatic N) is 5. The van der Waals surface area contributed by atoms with Crippen LogP contribution < -0.4 is 9.64 Å². The lowest BCUT2D eigenvalue weighted by atomic mass is 9.90. The highest BCUT2D eigenvalue weighted by Gasteiger charge is 2.34. The topological polar surface area (TPSA) is 80.1 Å². The molecule has 2 aliphatic rings. The number of anilines is 1. The van der Waals surface area contributed by atoms with Gasteiger partial charge in [0.25, 0.3) is 5.91 Å². The van der Waals surface area contributed by atoms with E-state index in [9.17, 15) is 9.59 Å². The molecule has 40 heavy (non-hydrogen) atoms. The van der Waals surface area contributed by atoms with Crippen molar-refractivity contribution in [2.75, 3.05) is 51.3 Å². The van der Waals surface area contributed by atoms with Gasteiger partial charge in [0, 0.05) is 56.9 Å². The van der Waals surface area contributed by atoms with Crippen LogP contribution in [-0.2, 0) is 4.74 Å². The molecule has 212 valence electrons. The number of carbonyl (C=O) groups excluding carboxylic acids is 2. The van der Waals surface area contributed by atoms with Crippen molar-refractivity contribution >= 4 is 17.7 Å². The Morgan fingerprint density at radius 2 is 1.52 bits per heavy atom. The molecule has 2 fully saturated rings. The van der Waals surface area contributed by atoms with E-state index in [-0.39, 0.29) is 17.9 Å². The third kappa shape index (κ3) is 6.08. The summed E-state index contributed by atoms with van der Waals surface area (Å²) < 4.78 is 12.9. The first-order valence-corrected chi connectivity index (χ1v) is 14.0. The highest BCUT2D eigenvalue weighted by atomic mass is 16.6. The van der Waals surface area contributed by atoms with Crippen molar-refractivity contribution in [2.45, 2.75) is 45.1 Å². The zero-order chi connectivity index (χ0) is 28.3. The SMILES string of the molecule is COc1cccc(N2CCN(C(=O)c3cnn(-c4ccccc4)c3C3CCN(C(=O)OC(C)(C)C)CC3)CC2)c1. The van der Waals surface area contributed by atoms with Gasteiger partial charge in [-0.25, -0.2) is 9.48 Å². The Morgan fingerprint density at radius 1 is 0.850 bits per heavy atom. The van der Waals surface area contributed by atoms with Crippen molar-refractivity contribution in [3.8, 4) is 11.4 Å². The van der Waals surface area contributed by atoms with Gasteiger partial charge in [0.15, 0.2) is 0 Å². The van der Waals surface area contributed by atoms with Crippen molar-refractivity contribution in [3.63, 3.8) is 0 Å². The maximum atomic E-state index is 13.9. The molecule has 3 heterocycles. The third-order valence-corrected chi connectivity index (χ3v) is 7.56. The number of likely N-dealkylation sites (tertiary alicyclic amines) is 1. The predicted octanol–water partition coefficient (Wildman–Crippen LogP) is 4.96. The lowest BCUT2D eigenvalue weighted by Gasteiger charge is -2.37. The Hall–Kier alpha value is -4.01. The van der Waals surface area contributed by atoms with Crippen molar-refractivity contribution in [1.82, 2.24) is 19.6 Å². The van der Waals surface area contributed by atoms with E-state index in [0.717, 1.165) is 48.7 Å². The molecule has 3 aromatic rings. The second-order valence-electron chi connectivity index (χ2n) is 11.4. The maximum Gasteiger partial charge on any atom is 0.410 e. The van der Waals surface area contributed by atoms with Crippen LogP contribution >= 0.6 is 0 Å². The van der Waals surface area contributed by atoms with Gasteiger partial charge in [-0.2, -0.15) is 5.10 Å². The Bertz CT molecular complexity index is 1320. The molecule has 5 rings (SSSR count). The molecule has 2 aromatic carbocycles. The van der Waals surface area contributed by atoms with Gasteiger partial charge in [0.1, 0.15) is 11.4 Å². The fourth-order valence-electron chi connectivity index (χ4n) is 5.50. The second kappa shape index (κ2) is 11.6. The minimum absolute atomic E-state index is 0.0112. The Labute approximate surface area is 236 Å². The number of methoxy groups -OCH3 is 1. The number of piperidine rings is 1. The molecule has 1 aromatic heterocycles.